The van der Waals surface area contributed by atoms with Crippen LogP contribution in [-0.2, 0) is 19.4 Å². The van der Waals surface area contributed by atoms with Crippen LogP contribution in [0.2, 0.25) is 0 Å². The fraction of sp³-hybridized carbons (Fsp3) is 0.520. The number of phenolic OH excluding ortho intramolecular Hbond substituents is 1. The lowest BCUT2D eigenvalue weighted by Gasteiger charge is -2.24. The Kier molecular flexibility index (Phi) is 4.64. The Bertz CT molecular complexity index is 1190. The van der Waals surface area contributed by atoms with E-state index in [1.54, 1.807) is 12.1 Å². The summed E-state index contributed by atoms with van der Waals surface area (Å²) < 4.78 is 1.96. The molecule has 0 spiro atoms. The third kappa shape index (κ3) is 3.47. The molecule has 6 heteroatoms. The van der Waals surface area contributed by atoms with Gasteiger partial charge in [0.05, 0.1) is 18.3 Å². The molecule has 3 aromatic rings. The van der Waals surface area contributed by atoms with Gasteiger partial charge in [-0.2, -0.15) is 5.10 Å². The molecule has 2 aromatic heterocycles. The number of fused-ring (bicyclic) bond motifs is 3. The van der Waals surface area contributed by atoms with Gasteiger partial charge in [-0.05, 0) is 87.1 Å². The number of likely N-dealkylation sites (tertiary alicyclic amines) is 1. The summed E-state index contributed by atoms with van der Waals surface area (Å²) in [5, 5.41) is 16.3. The number of hydrogen-bond donors (Lipinski definition) is 2. The van der Waals surface area contributed by atoms with Gasteiger partial charge in [0.15, 0.2) is 0 Å². The third-order valence-corrected chi connectivity index (χ3v) is 7.37. The van der Waals surface area contributed by atoms with Gasteiger partial charge in [-0.1, -0.05) is 12.1 Å². The first-order valence-corrected chi connectivity index (χ1v) is 11.8. The molecule has 1 atom stereocenters. The lowest BCUT2D eigenvalue weighted by atomic mass is 9.89. The second kappa shape index (κ2) is 7.52. The number of aromatic nitrogens is 3. The quantitative estimate of drug-likeness (QED) is 0.659. The smallest absolute Gasteiger partial charge is 0.253 e. The van der Waals surface area contributed by atoms with Crippen LogP contribution in [0.1, 0.15) is 67.0 Å². The normalized spacial score (nSPS) is 21.6. The Balaban J connectivity index is 1.50. The molecule has 2 aliphatic carbocycles. The number of hydrogen-bond acceptors (Lipinski definition) is 4. The molecule has 2 N–H and O–H groups in total. The van der Waals surface area contributed by atoms with Gasteiger partial charge in [0.25, 0.3) is 5.56 Å². The van der Waals surface area contributed by atoms with E-state index in [-0.39, 0.29) is 11.3 Å². The van der Waals surface area contributed by atoms with E-state index in [0.717, 1.165) is 67.0 Å². The van der Waals surface area contributed by atoms with Crippen LogP contribution in [0, 0.1) is 5.92 Å². The van der Waals surface area contributed by atoms with E-state index in [9.17, 15) is 9.90 Å². The van der Waals surface area contributed by atoms with Gasteiger partial charge in [-0.15, -0.1) is 0 Å². The van der Waals surface area contributed by atoms with Crippen LogP contribution in [0.15, 0.2) is 29.1 Å². The Labute approximate surface area is 181 Å². The van der Waals surface area contributed by atoms with Crippen LogP contribution in [0.5, 0.6) is 5.75 Å². The number of aromatic hydroxyl groups is 1. The maximum Gasteiger partial charge on any atom is 0.253 e. The molecule has 3 heterocycles. The molecule has 1 saturated heterocycles. The maximum atomic E-state index is 12.9. The second-order valence-electron chi connectivity index (χ2n) is 9.65. The molecule has 0 amide bonds. The molecular weight excluding hydrogens is 388 g/mol. The predicted octanol–water partition coefficient (Wildman–Crippen LogP) is 3.90. The fourth-order valence-corrected chi connectivity index (χ4v) is 5.68. The van der Waals surface area contributed by atoms with Gasteiger partial charge < -0.3 is 10.1 Å². The number of nitrogens with zero attached hydrogens (tertiary/aromatic N) is 3. The van der Waals surface area contributed by atoms with Gasteiger partial charge in [0.2, 0.25) is 0 Å². The van der Waals surface area contributed by atoms with Crippen molar-refractivity contribution in [2.45, 2.75) is 64.0 Å². The fourth-order valence-electron chi connectivity index (χ4n) is 5.68. The molecule has 2 fully saturated rings. The molecule has 0 radical (unpaired) electrons. The van der Waals surface area contributed by atoms with Crippen LogP contribution >= 0.6 is 0 Å². The minimum Gasteiger partial charge on any atom is -0.508 e. The number of aromatic amines is 1. The zero-order valence-electron chi connectivity index (χ0n) is 17.9. The van der Waals surface area contributed by atoms with Gasteiger partial charge in [-0.25, -0.2) is 4.68 Å². The van der Waals surface area contributed by atoms with Gasteiger partial charge >= 0.3 is 0 Å². The molecule has 1 aliphatic heterocycles. The highest BCUT2D eigenvalue weighted by atomic mass is 16.3. The van der Waals surface area contributed by atoms with E-state index in [1.807, 2.05) is 16.8 Å². The highest BCUT2D eigenvalue weighted by Gasteiger charge is 2.35. The highest BCUT2D eigenvalue weighted by molar-refractivity contribution is 5.84. The first kappa shape index (κ1) is 19.1. The SMILES string of the molecule is O=c1[nH]c2c(c([C@H]3CCCN3CC3CC3)nn2Cc2cccc(O)c2)c2c1CCCC2. The second-order valence-corrected chi connectivity index (χ2v) is 9.65. The summed E-state index contributed by atoms with van der Waals surface area (Å²) in [7, 11) is 0. The van der Waals surface area contributed by atoms with Crippen LogP contribution in [0.4, 0.5) is 0 Å². The minimum atomic E-state index is 0.0482. The molecular formula is C25H30N4O2. The Morgan fingerprint density at radius 3 is 2.74 bits per heavy atom. The summed E-state index contributed by atoms with van der Waals surface area (Å²) in [6.45, 7) is 2.86. The average molecular weight is 419 g/mol. The number of pyridine rings is 1. The lowest BCUT2D eigenvalue weighted by Crippen LogP contribution is -2.26. The van der Waals surface area contributed by atoms with Crippen LogP contribution in [-0.4, -0.2) is 37.9 Å². The van der Waals surface area contributed by atoms with Crippen molar-refractivity contribution in [1.29, 1.82) is 0 Å². The van der Waals surface area contributed by atoms with Crippen molar-refractivity contribution in [2.75, 3.05) is 13.1 Å². The first-order valence-electron chi connectivity index (χ1n) is 11.8. The van der Waals surface area contributed by atoms with Gasteiger partial charge in [-0.3, -0.25) is 9.69 Å². The van der Waals surface area contributed by atoms with E-state index in [1.165, 1.54) is 36.8 Å². The lowest BCUT2D eigenvalue weighted by molar-refractivity contribution is 0.243. The van der Waals surface area contributed by atoms with Crippen LogP contribution in [0.25, 0.3) is 11.0 Å². The summed E-state index contributed by atoms with van der Waals surface area (Å²) >= 11 is 0. The van der Waals surface area contributed by atoms with Crippen molar-refractivity contribution in [2.24, 2.45) is 5.92 Å². The number of aryl methyl sites for hydroxylation is 1. The van der Waals surface area contributed by atoms with Crippen LogP contribution < -0.4 is 5.56 Å². The first-order chi connectivity index (χ1) is 15.2. The molecule has 6 nitrogen and oxygen atoms in total. The van der Waals surface area contributed by atoms with Crippen molar-refractivity contribution in [3.63, 3.8) is 0 Å². The van der Waals surface area contributed by atoms with Crippen molar-refractivity contribution in [3.8, 4) is 5.75 Å². The van der Waals surface area contributed by atoms with Crippen LogP contribution in [0.3, 0.4) is 0 Å². The minimum absolute atomic E-state index is 0.0482. The molecule has 0 bridgehead atoms. The van der Waals surface area contributed by atoms with Crippen molar-refractivity contribution in [3.05, 3.63) is 57.0 Å². The molecule has 0 unspecified atom stereocenters. The largest absolute Gasteiger partial charge is 0.508 e. The molecule has 162 valence electrons. The Morgan fingerprint density at radius 1 is 1.10 bits per heavy atom. The number of benzene rings is 1. The molecule has 1 saturated carbocycles. The number of rotatable bonds is 5. The Morgan fingerprint density at radius 2 is 1.94 bits per heavy atom. The zero-order valence-corrected chi connectivity index (χ0v) is 17.9. The van der Waals surface area contributed by atoms with E-state index < -0.39 is 0 Å². The predicted molar refractivity (Wildman–Crippen MR) is 120 cm³/mol. The zero-order chi connectivity index (χ0) is 20.9. The average Bonchev–Trinajstić information content (AvgIpc) is 3.35. The van der Waals surface area contributed by atoms with Crippen molar-refractivity contribution < 1.29 is 5.11 Å². The van der Waals surface area contributed by atoms with Gasteiger partial charge in [0, 0.05) is 17.5 Å². The molecule has 1 aromatic carbocycles. The summed E-state index contributed by atoms with van der Waals surface area (Å²) in [5.41, 5.74) is 5.25. The van der Waals surface area contributed by atoms with E-state index in [2.05, 4.69) is 9.88 Å². The Hall–Kier alpha value is -2.60. The third-order valence-electron chi connectivity index (χ3n) is 7.37. The van der Waals surface area contributed by atoms with E-state index >= 15 is 0 Å². The number of phenols is 1. The topological polar surface area (TPSA) is 74.2 Å². The summed E-state index contributed by atoms with van der Waals surface area (Å²) in [6, 6.07) is 7.65. The maximum absolute atomic E-state index is 12.9. The molecule has 3 aliphatic rings. The molecule has 31 heavy (non-hydrogen) atoms. The summed E-state index contributed by atoms with van der Waals surface area (Å²) in [5.74, 6) is 1.11. The summed E-state index contributed by atoms with van der Waals surface area (Å²) in [4.78, 5) is 18.8. The summed E-state index contributed by atoms with van der Waals surface area (Å²) in [6.07, 6.45) is 9.13. The standard InChI is InChI=1S/C25H30N4O2/c30-18-6-3-5-17(13-18)15-29-24-22(19-7-1-2-8-20(19)25(31)26-24)23(27-29)21-9-4-12-28(21)14-16-10-11-16/h3,5-6,13,16,21,30H,1-2,4,7-12,14-15H2,(H,26,31)/t21-/m1/s1. The van der Waals surface area contributed by atoms with Crippen molar-refractivity contribution >= 4 is 11.0 Å². The highest BCUT2D eigenvalue weighted by Crippen LogP contribution is 2.41. The van der Waals surface area contributed by atoms with Crippen molar-refractivity contribution in [1.82, 2.24) is 19.7 Å². The van der Waals surface area contributed by atoms with E-state index in [0.29, 0.717) is 12.6 Å². The van der Waals surface area contributed by atoms with Gasteiger partial charge in [0.1, 0.15) is 11.4 Å². The monoisotopic (exact) mass is 418 g/mol. The molecule has 6 rings (SSSR count). The number of H-pyrrole nitrogens is 1. The number of nitrogens with one attached hydrogen (secondary N) is 1. The van der Waals surface area contributed by atoms with E-state index in [4.69, 9.17) is 5.10 Å².